The van der Waals surface area contributed by atoms with Crippen LogP contribution in [0.3, 0.4) is 0 Å². The Morgan fingerprint density at radius 3 is 1.43 bits per heavy atom. The number of carbonyl (C=O) groups is 4. The molecule has 0 aromatic rings. The first-order valence-electron chi connectivity index (χ1n) is 14.6. The molecular formula is C30H50N2O8. The molecule has 228 valence electrons. The van der Waals surface area contributed by atoms with Crippen molar-refractivity contribution >= 4 is 24.1 Å². The third-order valence-electron chi connectivity index (χ3n) is 7.24. The summed E-state index contributed by atoms with van der Waals surface area (Å²) in [4.78, 5) is 43.4. The first-order chi connectivity index (χ1) is 19.1. The van der Waals surface area contributed by atoms with Gasteiger partial charge in [0, 0.05) is 24.2 Å². The summed E-state index contributed by atoms with van der Waals surface area (Å²) < 4.78 is 18.9. The summed E-state index contributed by atoms with van der Waals surface area (Å²) in [7, 11) is 0. The van der Waals surface area contributed by atoms with Crippen LogP contribution in [0.1, 0.15) is 79.1 Å². The maximum atomic E-state index is 10.9. The van der Waals surface area contributed by atoms with E-state index in [2.05, 4.69) is 33.3 Å². The number of esters is 2. The molecule has 0 radical (unpaired) electrons. The molecule has 3 saturated carbocycles. The van der Waals surface area contributed by atoms with Gasteiger partial charge in [-0.1, -0.05) is 19.6 Å². The molecule has 4 atom stereocenters. The van der Waals surface area contributed by atoms with E-state index in [1.807, 2.05) is 0 Å². The van der Waals surface area contributed by atoms with Crippen LogP contribution in [0.5, 0.6) is 0 Å². The maximum Gasteiger partial charge on any atom is 0.407 e. The molecule has 0 aromatic heterocycles. The SMILES string of the molecule is C1CC2C3CCC(C3)C2C1.C=C(C)C(=O)OCCCNC(=O)OCC.C=C(C)C(=O)OCCCNC(=O)OCC. The molecule has 3 rings (SSSR count). The van der Waals surface area contributed by atoms with E-state index in [9.17, 15) is 19.2 Å². The van der Waals surface area contributed by atoms with Crippen molar-refractivity contribution in [3.8, 4) is 0 Å². The molecule has 3 fully saturated rings. The van der Waals surface area contributed by atoms with E-state index in [0.29, 0.717) is 50.3 Å². The highest BCUT2D eigenvalue weighted by atomic mass is 16.6. The number of fused-ring (bicyclic) bond motifs is 5. The second-order valence-corrected chi connectivity index (χ2v) is 10.4. The highest BCUT2D eigenvalue weighted by molar-refractivity contribution is 5.87. The predicted octanol–water partition coefficient (Wildman–Crippen LogP) is 5.32. The van der Waals surface area contributed by atoms with Crippen molar-refractivity contribution in [1.82, 2.24) is 10.6 Å². The molecule has 3 aliphatic carbocycles. The average Bonchev–Trinajstić information content (AvgIpc) is 3.65. The summed E-state index contributed by atoms with van der Waals surface area (Å²) in [5, 5.41) is 5.02. The molecule has 0 saturated heterocycles. The Morgan fingerprint density at radius 2 is 1.07 bits per heavy atom. The fraction of sp³-hybridized carbons (Fsp3) is 0.733. The summed E-state index contributed by atoms with van der Waals surface area (Å²) in [6.07, 6.45) is 9.73. The lowest BCUT2D eigenvalue weighted by Gasteiger charge is -2.23. The van der Waals surface area contributed by atoms with E-state index >= 15 is 0 Å². The number of hydrogen-bond acceptors (Lipinski definition) is 8. The summed E-state index contributed by atoms with van der Waals surface area (Å²) in [6.45, 7) is 15.6. The zero-order chi connectivity index (χ0) is 29.9. The Hall–Kier alpha value is -3.04. The lowest BCUT2D eigenvalue weighted by atomic mass is 9.82. The number of ether oxygens (including phenoxy) is 4. The molecule has 2 amide bonds. The average molecular weight is 567 g/mol. The lowest BCUT2D eigenvalue weighted by Crippen LogP contribution is -2.26. The van der Waals surface area contributed by atoms with Gasteiger partial charge < -0.3 is 29.6 Å². The molecule has 10 heteroatoms. The number of hydrogen-bond donors (Lipinski definition) is 2. The van der Waals surface area contributed by atoms with Gasteiger partial charge in [-0.2, -0.15) is 0 Å². The Kier molecular flexibility index (Phi) is 17.4. The second-order valence-electron chi connectivity index (χ2n) is 10.4. The minimum absolute atomic E-state index is 0.262. The highest BCUT2D eigenvalue weighted by Gasteiger charge is 2.48. The predicted molar refractivity (Wildman–Crippen MR) is 152 cm³/mol. The van der Waals surface area contributed by atoms with Crippen molar-refractivity contribution in [3.63, 3.8) is 0 Å². The van der Waals surface area contributed by atoms with E-state index in [-0.39, 0.29) is 13.2 Å². The number of rotatable bonds is 12. The molecular weight excluding hydrogens is 516 g/mol. The van der Waals surface area contributed by atoms with Gasteiger partial charge in [0.25, 0.3) is 0 Å². The van der Waals surface area contributed by atoms with Crippen molar-refractivity contribution in [3.05, 3.63) is 24.3 Å². The van der Waals surface area contributed by atoms with Gasteiger partial charge in [-0.25, -0.2) is 19.2 Å². The first-order valence-corrected chi connectivity index (χ1v) is 14.6. The highest BCUT2D eigenvalue weighted by Crippen LogP contribution is 2.58. The molecule has 3 aliphatic rings. The number of carbonyl (C=O) groups excluding carboxylic acids is 4. The molecule has 4 unspecified atom stereocenters. The molecule has 0 aliphatic heterocycles. The van der Waals surface area contributed by atoms with Gasteiger partial charge in [0.2, 0.25) is 0 Å². The smallest absolute Gasteiger partial charge is 0.407 e. The normalized spacial score (nSPS) is 21.3. The van der Waals surface area contributed by atoms with Crippen LogP contribution >= 0.6 is 0 Å². The molecule has 2 N–H and O–H groups in total. The van der Waals surface area contributed by atoms with Gasteiger partial charge in [-0.05, 0) is 96.3 Å². The van der Waals surface area contributed by atoms with Gasteiger partial charge in [0.05, 0.1) is 26.4 Å². The minimum atomic E-state index is -0.455. The quantitative estimate of drug-likeness (QED) is 0.141. The number of nitrogens with one attached hydrogen (secondary N) is 2. The fourth-order valence-electron chi connectivity index (χ4n) is 5.48. The van der Waals surface area contributed by atoms with Gasteiger partial charge in [-0.15, -0.1) is 0 Å². The first kappa shape index (κ1) is 35.0. The van der Waals surface area contributed by atoms with E-state index in [4.69, 9.17) is 9.47 Å². The Bertz CT molecular complexity index is 778. The van der Waals surface area contributed by atoms with Gasteiger partial charge in [0.15, 0.2) is 0 Å². The van der Waals surface area contributed by atoms with E-state index in [1.54, 1.807) is 66.2 Å². The Balaban J connectivity index is 0.000000304. The number of amides is 2. The number of alkyl carbamates (subject to hydrolysis) is 2. The van der Waals surface area contributed by atoms with Crippen LogP contribution in [-0.4, -0.2) is 63.6 Å². The van der Waals surface area contributed by atoms with Crippen LogP contribution in [-0.2, 0) is 28.5 Å². The van der Waals surface area contributed by atoms with Crippen LogP contribution in [0.25, 0.3) is 0 Å². The summed E-state index contributed by atoms with van der Waals surface area (Å²) in [5.74, 6) is 3.98. The van der Waals surface area contributed by atoms with Crippen molar-refractivity contribution in [1.29, 1.82) is 0 Å². The molecule has 0 spiro atoms. The molecule has 0 heterocycles. The monoisotopic (exact) mass is 566 g/mol. The Morgan fingerprint density at radius 1 is 0.675 bits per heavy atom. The van der Waals surface area contributed by atoms with E-state index in [1.165, 1.54) is 23.7 Å². The van der Waals surface area contributed by atoms with Crippen molar-refractivity contribution < 1.29 is 38.1 Å². The van der Waals surface area contributed by atoms with Gasteiger partial charge in [0.1, 0.15) is 0 Å². The minimum Gasteiger partial charge on any atom is -0.462 e. The van der Waals surface area contributed by atoms with E-state index in [0.717, 1.165) is 0 Å². The fourth-order valence-corrected chi connectivity index (χ4v) is 5.48. The van der Waals surface area contributed by atoms with Crippen LogP contribution in [0.4, 0.5) is 9.59 Å². The third kappa shape index (κ3) is 13.8. The van der Waals surface area contributed by atoms with Crippen LogP contribution in [0, 0.1) is 23.7 Å². The second kappa shape index (κ2) is 19.9. The van der Waals surface area contributed by atoms with Crippen LogP contribution in [0.15, 0.2) is 24.3 Å². The van der Waals surface area contributed by atoms with Crippen LogP contribution in [0.2, 0.25) is 0 Å². The summed E-state index contributed by atoms with van der Waals surface area (Å²) in [5.41, 5.74) is 0.738. The zero-order valence-electron chi connectivity index (χ0n) is 24.9. The molecule has 2 bridgehead atoms. The maximum absolute atomic E-state index is 10.9. The summed E-state index contributed by atoms with van der Waals surface area (Å²) in [6, 6.07) is 0. The van der Waals surface area contributed by atoms with Gasteiger partial charge >= 0.3 is 24.1 Å². The van der Waals surface area contributed by atoms with E-state index < -0.39 is 24.1 Å². The largest absolute Gasteiger partial charge is 0.462 e. The van der Waals surface area contributed by atoms with Gasteiger partial charge in [-0.3, -0.25) is 0 Å². The van der Waals surface area contributed by atoms with Crippen molar-refractivity contribution in [2.24, 2.45) is 23.7 Å². The lowest BCUT2D eigenvalue weighted by molar-refractivity contribution is -0.139. The van der Waals surface area contributed by atoms with Crippen molar-refractivity contribution in [2.45, 2.75) is 79.1 Å². The van der Waals surface area contributed by atoms with Crippen LogP contribution < -0.4 is 10.6 Å². The zero-order valence-corrected chi connectivity index (χ0v) is 24.9. The summed E-state index contributed by atoms with van der Waals surface area (Å²) >= 11 is 0. The molecule has 40 heavy (non-hydrogen) atoms. The van der Waals surface area contributed by atoms with Crippen molar-refractivity contribution in [2.75, 3.05) is 39.5 Å². The molecule has 0 aromatic carbocycles. The Labute approximate surface area is 239 Å². The standard InChI is InChI=1S/2C10H17NO4.C10H16/c2*1-4-14-10(13)11-6-5-7-15-9(12)8(2)3;1-2-9-7-4-5-8(6-7)10(9)3-1/h2*2,4-7H2,1,3H3,(H,11,13);7-10H,1-6H2. The topological polar surface area (TPSA) is 129 Å². The third-order valence-corrected chi connectivity index (χ3v) is 7.24. The molecule has 10 nitrogen and oxygen atoms in total.